The predicted octanol–water partition coefficient (Wildman–Crippen LogP) is 3.38. The van der Waals surface area contributed by atoms with Gasteiger partial charge in [0.15, 0.2) is 0 Å². The molecular weight excluding hydrogens is 369 g/mol. The first-order valence-corrected chi connectivity index (χ1v) is 9.46. The summed E-state index contributed by atoms with van der Waals surface area (Å²) < 4.78 is 0. The summed E-state index contributed by atoms with van der Waals surface area (Å²) in [5, 5.41) is 6.60. The molecule has 1 unspecified atom stereocenters. The SMILES string of the molecule is CCN(CC)Cc1ccccc1CNC(=O)C1CC12CCNCC2.Cl.Cl. The van der Waals surface area contributed by atoms with Crippen molar-refractivity contribution in [2.24, 2.45) is 11.3 Å². The standard InChI is InChI=1S/C20H31N3O.2ClH/c1-3-23(4-2)15-17-8-6-5-7-16(17)14-22-19(24)18-13-20(18)9-11-21-12-10-20;;/h5-8,18,21H,3-4,9-15H2,1-2H3,(H,22,24);2*1H. The molecule has 1 aromatic carbocycles. The molecule has 0 bridgehead atoms. The molecule has 3 rings (SSSR count). The first kappa shape index (κ1) is 23.2. The minimum absolute atomic E-state index is 0. The summed E-state index contributed by atoms with van der Waals surface area (Å²) in [6, 6.07) is 8.49. The van der Waals surface area contributed by atoms with Crippen LogP contribution in [-0.4, -0.2) is 37.0 Å². The summed E-state index contributed by atoms with van der Waals surface area (Å²) in [5.41, 5.74) is 2.89. The second-order valence-corrected chi connectivity index (χ2v) is 7.32. The molecule has 2 fully saturated rings. The van der Waals surface area contributed by atoms with Crippen LogP contribution in [0.3, 0.4) is 0 Å². The molecule has 1 aromatic rings. The van der Waals surface area contributed by atoms with Crippen molar-refractivity contribution in [3.63, 3.8) is 0 Å². The highest BCUT2D eigenvalue weighted by molar-refractivity contribution is 5.85. The lowest BCUT2D eigenvalue weighted by atomic mass is 9.92. The van der Waals surface area contributed by atoms with Gasteiger partial charge in [-0.25, -0.2) is 0 Å². The van der Waals surface area contributed by atoms with Crippen LogP contribution in [0.2, 0.25) is 0 Å². The van der Waals surface area contributed by atoms with Crippen molar-refractivity contribution < 1.29 is 4.79 Å². The summed E-state index contributed by atoms with van der Waals surface area (Å²) in [6.07, 6.45) is 3.40. The van der Waals surface area contributed by atoms with Gasteiger partial charge in [0.25, 0.3) is 0 Å². The lowest BCUT2D eigenvalue weighted by molar-refractivity contribution is -0.123. The average Bonchev–Trinajstić information content (AvgIpc) is 3.32. The summed E-state index contributed by atoms with van der Waals surface area (Å²) in [7, 11) is 0. The van der Waals surface area contributed by atoms with Crippen LogP contribution in [0.25, 0.3) is 0 Å². The van der Waals surface area contributed by atoms with Crippen molar-refractivity contribution in [3.8, 4) is 0 Å². The highest BCUT2D eigenvalue weighted by Crippen LogP contribution is 2.58. The Hall–Kier alpha value is -0.810. The van der Waals surface area contributed by atoms with Crippen molar-refractivity contribution in [3.05, 3.63) is 35.4 Å². The highest BCUT2D eigenvalue weighted by Gasteiger charge is 2.57. The van der Waals surface area contributed by atoms with Crippen LogP contribution in [-0.2, 0) is 17.9 Å². The van der Waals surface area contributed by atoms with Crippen LogP contribution in [0.1, 0.15) is 44.2 Å². The number of rotatable bonds is 7. The van der Waals surface area contributed by atoms with E-state index in [1.165, 1.54) is 11.1 Å². The van der Waals surface area contributed by atoms with Crippen molar-refractivity contribution in [2.75, 3.05) is 26.2 Å². The van der Waals surface area contributed by atoms with Gasteiger partial charge in [0.1, 0.15) is 0 Å². The van der Waals surface area contributed by atoms with Gasteiger partial charge in [-0.2, -0.15) is 0 Å². The molecule has 1 aliphatic heterocycles. The van der Waals surface area contributed by atoms with E-state index in [0.717, 1.165) is 52.0 Å². The molecule has 1 aliphatic carbocycles. The Morgan fingerprint density at radius 2 is 1.77 bits per heavy atom. The fourth-order valence-corrected chi connectivity index (χ4v) is 4.07. The summed E-state index contributed by atoms with van der Waals surface area (Å²) in [6.45, 7) is 10.2. The number of halogens is 2. The third-order valence-electron chi connectivity index (χ3n) is 5.97. The van der Waals surface area contributed by atoms with Gasteiger partial charge < -0.3 is 10.6 Å². The first-order chi connectivity index (χ1) is 11.7. The quantitative estimate of drug-likeness (QED) is 0.735. The predicted molar refractivity (Wildman–Crippen MR) is 112 cm³/mol. The molecule has 4 nitrogen and oxygen atoms in total. The van der Waals surface area contributed by atoms with E-state index in [-0.39, 0.29) is 36.6 Å². The number of amides is 1. The number of nitrogens with zero attached hydrogens (tertiary/aromatic N) is 1. The van der Waals surface area contributed by atoms with Crippen LogP contribution in [0.4, 0.5) is 0 Å². The normalized spacial score (nSPS) is 20.2. The van der Waals surface area contributed by atoms with E-state index in [4.69, 9.17) is 0 Å². The Morgan fingerprint density at radius 3 is 2.38 bits per heavy atom. The van der Waals surface area contributed by atoms with Crippen molar-refractivity contribution in [1.82, 2.24) is 15.5 Å². The van der Waals surface area contributed by atoms with Crippen molar-refractivity contribution >= 4 is 30.7 Å². The van der Waals surface area contributed by atoms with Crippen molar-refractivity contribution in [1.29, 1.82) is 0 Å². The maximum atomic E-state index is 12.6. The Labute approximate surface area is 170 Å². The van der Waals surface area contributed by atoms with Gasteiger partial charge in [-0.05, 0) is 62.0 Å². The number of piperidine rings is 1. The molecule has 1 spiro atoms. The number of hydrogen-bond acceptors (Lipinski definition) is 3. The van der Waals surface area contributed by atoms with Gasteiger partial charge in [-0.3, -0.25) is 9.69 Å². The topological polar surface area (TPSA) is 44.4 Å². The Kier molecular flexibility index (Phi) is 9.39. The van der Waals surface area contributed by atoms with Crippen molar-refractivity contribution in [2.45, 2.75) is 46.2 Å². The van der Waals surface area contributed by atoms with Crippen LogP contribution in [0.5, 0.6) is 0 Å². The summed E-state index contributed by atoms with van der Waals surface area (Å²) in [4.78, 5) is 15.0. The number of hydrogen-bond donors (Lipinski definition) is 2. The second kappa shape index (κ2) is 10.5. The van der Waals surface area contributed by atoms with E-state index in [1.54, 1.807) is 0 Å². The van der Waals surface area contributed by atoms with Gasteiger partial charge in [0.05, 0.1) is 0 Å². The minimum atomic E-state index is 0. The zero-order valence-corrected chi connectivity index (χ0v) is 17.6. The second-order valence-electron chi connectivity index (χ2n) is 7.32. The smallest absolute Gasteiger partial charge is 0.223 e. The lowest BCUT2D eigenvalue weighted by Gasteiger charge is -2.23. The summed E-state index contributed by atoms with van der Waals surface area (Å²) >= 11 is 0. The summed E-state index contributed by atoms with van der Waals surface area (Å²) in [5.74, 6) is 0.504. The fourth-order valence-electron chi connectivity index (χ4n) is 4.07. The molecule has 1 heterocycles. The largest absolute Gasteiger partial charge is 0.352 e. The monoisotopic (exact) mass is 401 g/mol. The van der Waals surface area contributed by atoms with Gasteiger partial charge in [0.2, 0.25) is 5.91 Å². The van der Waals surface area contributed by atoms with E-state index in [1.807, 2.05) is 0 Å². The minimum Gasteiger partial charge on any atom is -0.352 e. The van der Waals surface area contributed by atoms with Crippen LogP contribution in [0.15, 0.2) is 24.3 Å². The molecule has 0 aromatic heterocycles. The van der Waals surface area contributed by atoms with E-state index in [9.17, 15) is 4.79 Å². The molecule has 1 saturated carbocycles. The molecule has 2 N–H and O–H groups in total. The van der Waals surface area contributed by atoms with Crippen LogP contribution < -0.4 is 10.6 Å². The molecule has 2 aliphatic rings. The highest BCUT2D eigenvalue weighted by atomic mass is 35.5. The maximum absolute atomic E-state index is 12.6. The van der Waals surface area contributed by atoms with E-state index in [0.29, 0.717) is 12.0 Å². The molecule has 1 amide bonds. The molecular formula is C20H33Cl2N3O. The number of carbonyl (C=O) groups is 1. The Bertz CT molecular complexity index is 572. The molecule has 26 heavy (non-hydrogen) atoms. The average molecular weight is 402 g/mol. The van der Waals surface area contributed by atoms with Crippen LogP contribution in [0, 0.1) is 11.3 Å². The Balaban J connectivity index is 0.00000169. The van der Waals surface area contributed by atoms with E-state index < -0.39 is 0 Å². The molecule has 1 atom stereocenters. The fraction of sp³-hybridized carbons (Fsp3) is 0.650. The number of nitrogens with one attached hydrogen (secondary N) is 2. The van der Waals surface area contributed by atoms with Gasteiger partial charge in [0, 0.05) is 19.0 Å². The molecule has 148 valence electrons. The van der Waals surface area contributed by atoms with E-state index in [2.05, 4.69) is 53.6 Å². The van der Waals surface area contributed by atoms with Crippen LogP contribution >= 0.6 is 24.8 Å². The van der Waals surface area contributed by atoms with Gasteiger partial charge >= 0.3 is 0 Å². The number of carbonyl (C=O) groups excluding carboxylic acids is 1. The molecule has 1 saturated heterocycles. The lowest BCUT2D eigenvalue weighted by Crippen LogP contribution is -2.33. The molecule has 0 radical (unpaired) electrons. The zero-order valence-electron chi connectivity index (χ0n) is 15.9. The first-order valence-electron chi connectivity index (χ1n) is 9.46. The third-order valence-corrected chi connectivity index (χ3v) is 5.97. The van der Waals surface area contributed by atoms with Gasteiger partial charge in [-0.15, -0.1) is 24.8 Å². The third kappa shape index (κ3) is 5.35. The molecule has 6 heteroatoms. The Morgan fingerprint density at radius 1 is 1.15 bits per heavy atom. The number of benzene rings is 1. The zero-order chi connectivity index (χ0) is 17.0. The van der Waals surface area contributed by atoms with Gasteiger partial charge in [-0.1, -0.05) is 38.1 Å². The van der Waals surface area contributed by atoms with E-state index >= 15 is 0 Å². The maximum Gasteiger partial charge on any atom is 0.223 e.